The van der Waals surface area contributed by atoms with E-state index in [9.17, 15) is 5.11 Å². The molecule has 0 aromatic heterocycles. The fourth-order valence-corrected chi connectivity index (χ4v) is 6.93. The second-order valence-corrected chi connectivity index (χ2v) is 9.25. The first-order chi connectivity index (χ1) is 11.5. The van der Waals surface area contributed by atoms with Crippen molar-refractivity contribution in [3.05, 3.63) is 23.8 Å². The molecule has 1 spiro atoms. The molecule has 2 saturated carbocycles. The molecule has 24 heavy (non-hydrogen) atoms. The van der Waals surface area contributed by atoms with Crippen LogP contribution in [-0.2, 0) is 9.47 Å². The average molecular weight is 330 g/mol. The molecule has 5 aliphatic rings. The summed E-state index contributed by atoms with van der Waals surface area (Å²) >= 11 is 0. The molecule has 0 amide bonds. The van der Waals surface area contributed by atoms with Gasteiger partial charge in [-0.05, 0) is 67.8 Å². The topological polar surface area (TPSA) is 38.7 Å². The van der Waals surface area contributed by atoms with E-state index in [2.05, 4.69) is 32.1 Å². The Kier molecular flexibility index (Phi) is 3.22. The van der Waals surface area contributed by atoms with Gasteiger partial charge in [0.15, 0.2) is 5.79 Å². The standard InChI is InChI=1S/C21H30O3/c1-19-8-5-15(22)13-14(19)3-4-16-17(19)6-9-20(2)18(16)7-10-21(20)23-11-12-24-21/h3,7,10,15-18,22H,4-6,8-9,11-13H2,1-2H3. The number of aliphatic hydroxyl groups is 1. The van der Waals surface area contributed by atoms with Crippen LogP contribution in [0.1, 0.15) is 52.4 Å². The lowest BCUT2D eigenvalue weighted by atomic mass is 9.47. The van der Waals surface area contributed by atoms with Gasteiger partial charge in [0.25, 0.3) is 0 Å². The van der Waals surface area contributed by atoms with Crippen molar-refractivity contribution in [1.82, 2.24) is 0 Å². The summed E-state index contributed by atoms with van der Waals surface area (Å²) in [5, 5.41) is 10.1. The predicted octanol–water partition coefficient (Wildman–Crippen LogP) is 3.83. The first-order valence-electron chi connectivity index (χ1n) is 9.83. The van der Waals surface area contributed by atoms with Gasteiger partial charge in [-0.1, -0.05) is 31.6 Å². The van der Waals surface area contributed by atoms with Gasteiger partial charge in [0.2, 0.25) is 0 Å². The summed E-state index contributed by atoms with van der Waals surface area (Å²) in [6.07, 6.45) is 13.6. The molecular weight excluding hydrogens is 300 g/mol. The molecule has 3 heteroatoms. The first-order valence-corrected chi connectivity index (χ1v) is 9.83. The fourth-order valence-electron chi connectivity index (χ4n) is 6.93. The van der Waals surface area contributed by atoms with Crippen LogP contribution >= 0.6 is 0 Å². The van der Waals surface area contributed by atoms with Gasteiger partial charge in [-0.25, -0.2) is 0 Å². The van der Waals surface area contributed by atoms with Gasteiger partial charge in [0.1, 0.15) is 0 Å². The van der Waals surface area contributed by atoms with Gasteiger partial charge < -0.3 is 14.6 Å². The molecule has 1 N–H and O–H groups in total. The minimum absolute atomic E-state index is 0.0839. The lowest BCUT2D eigenvalue weighted by molar-refractivity contribution is -0.222. The van der Waals surface area contributed by atoms with E-state index in [1.54, 1.807) is 0 Å². The summed E-state index contributed by atoms with van der Waals surface area (Å²) < 4.78 is 12.3. The third kappa shape index (κ3) is 1.79. The van der Waals surface area contributed by atoms with Gasteiger partial charge in [-0.15, -0.1) is 0 Å². The summed E-state index contributed by atoms with van der Waals surface area (Å²) in [5.41, 5.74) is 1.92. The maximum absolute atomic E-state index is 10.1. The molecule has 6 atom stereocenters. The van der Waals surface area contributed by atoms with Crippen LogP contribution in [0.5, 0.6) is 0 Å². The van der Waals surface area contributed by atoms with E-state index < -0.39 is 5.79 Å². The SMILES string of the molecule is CC12CCC(O)CC1=CCC1C2CCC2(C)C1C=CC21OCCO1. The highest BCUT2D eigenvalue weighted by Crippen LogP contribution is 2.66. The lowest BCUT2D eigenvalue weighted by Crippen LogP contribution is -2.55. The number of aliphatic hydroxyl groups excluding tert-OH is 1. The van der Waals surface area contributed by atoms with Crippen LogP contribution in [0, 0.1) is 28.6 Å². The Morgan fingerprint density at radius 2 is 1.92 bits per heavy atom. The van der Waals surface area contributed by atoms with Crippen molar-refractivity contribution in [2.45, 2.75) is 64.3 Å². The molecule has 1 heterocycles. The average Bonchev–Trinajstić information content (AvgIpc) is 3.15. The molecule has 3 fully saturated rings. The van der Waals surface area contributed by atoms with E-state index >= 15 is 0 Å². The molecule has 0 bridgehead atoms. The van der Waals surface area contributed by atoms with Gasteiger partial charge in [0.05, 0.1) is 19.3 Å². The number of rotatable bonds is 0. The van der Waals surface area contributed by atoms with E-state index in [0.29, 0.717) is 17.3 Å². The van der Waals surface area contributed by atoms with Crippen molar-refractivity contribution in [2.24, 2.45) is 28.6 Å². The Morgan fingerprint density at radius 1 is 1.12 bits per heavy atom. The molecule has 0 aromatic rings. The van der Waals surface area contributed by atoms with E-state index in [-0.39, 0.29) is 11.5 Å². The Morgan fingerprint density at radius 3 is 2.71 bits per heavy atom. The van der Waals surface area contributed by atoms with Crippen molar-refractivity contribution in [3.8, 4) is 0 Å². The molecule has 1 aliphatic heterocycles. The maximum atomic E-state index is 10.1. The molecule has 0 radical (unpaired) electrons. The van der Waals surface area contributed by atoms with Crippen molar-refractivity contribution in [1.29, 1.82) is 0 Å². The van der Waals surface area contributed by atoms with Crippen molar-refractivity contribution >= 4 is 0 Å². The Bertz CT molecular complexity index is 602. The maximum Gasteiger partial charge on any atom is 0.193 e. The normalized spacial score (nSPS) is 51.9. The third-order valence-electron chi connectivity index (χ3n) is 8.36. The Balaban J connectivity index is 1.50. The number of allylic oxidation sites excluding steroid dienone is 2. The highest BCUT2D eigenvalue weighted by atomic mass is 16.7. The van der Waals surface area contributed by atoms with Crippen LogP contribution in [0.25, 0.3) is 0 Å². The van der Waals surface area contributed by atoms with Gasteiger partial charge in [0, 0.05) is 5.41 Å². The highest BCUT2D eigenvalue weighted by Gasteiger charge is 2.64. The van der Waals surface area contributed by atoms with E-state index in [4.69, 9.17) is 9.47 Å². The minimum atomic E-state index is -0.462. The van der Waals surface area contributed by atoms with Crippen molar-refractivity contribution in [3.63, 3.8) is 0 Å². The summed E-state index contributed by atoms with van der Waals surface area (Å²) in [6.45, 7) is 6.31. The molecule has 132 valence electrons. The lowest BCUT2D eigenvalue weighted by Gasteiger charge is -2.58. The van der Waals surface area contributed by atoms with Crippen molar-refractivity contribution in [2.75, 3.05) is 13.2 Å². The predicted molar refractivity (Wildman–Crippen MR) is 92.3 cm³/mol. The first kappa shape index (κ1) is 15.6. The van der Waals surface area contributed by atoms with Crippen LogP contribution in [0.3, 0.4) is 0 Å². The quantitative estimate of drug-likeness (QED) is 0.686. The zero-order valence-corrected chi connectivity index (χ0v) is 15.0. The van der Waals surface area contributed by atoms with E-state index in [1.165, 1.54) is 18.4 Å². The summed E-state index contributed by atoms with van der Waals surface area (Å²) in [6, 6.07) is 0. The monoisotopic (exact) mass is 330 g/mol. The van der Waals surface area contributed by atoms with Crippen LogP contribution in [0.2, 0.25) is 0 Å². The molecule has 3 nitrogen and oxygen atoms in total. The molecule has 6 unspecified atom stereocenters. The zero-order chi connectivity index (χ0) is 16.6. The highest BCUT2D eigenvalue weighted by molar-refractivity contribution is 5.30. The van der Waals surface area contributed by atoms with Crippen LogP contribution in [-0.4, -0.2) is 30.2 Å². The van der Waals surface area contributed by atoms with Crippen LogP contribution < -0.4 is 0 Å². The molecule has 5 rings (SSSR count). The van der Waals surface area contributed by atoms with Crippen LogP contribution in [0.4, 0.5) is 0 Å². The van der Waals surface area contributed by atoms with E-state index in [0.717, 1.165) is 44.8 Å². The summed E-state index contributed by atoms with van der Waals surface area (Å²) in [5.74, 6) is 1.52. The van der Waals surface area contributed by atoms with Crippen LogP contribution in [0.15, 0.2) is 23.8 Å². The van der Waals surface area contributed by atoms with Gasteiger partial charge in [-0.2, -0.15) is 0 Å². The fraction of sp³-hybridized carbons (Fsp3) is 0.810. The third-order valence-corrected chi connectivity index (χ3v) is 8.36. The molecule has 1 saturated heterocycles. The summed E-state index contributed by atoms with van der Waals surface area (Å²) in [7, 11) is 0. The number of fused-ring (bicyclic) bond motifs is 6. The second-order valence-electron chi connectivity index (χ2n) is 9.25. The van der Waals surface area contributed by atoms with Gasteiger partial charge >= 0.3 is 0 Å². The largest absolute Gasteiger partial charge is 0.393 e. The zero-order valence-electron chi connectivity index (χ0n) is 15.0. The Labute approximate surface area is 145 Å². The van der Waals surface area contributed by atoms with E-state index in [1.807, 2.05) is 0 Å². The minimum Gasteiger partial charge on any atom is -0.393 e. The molecule has 4 aliphatic carbocycles. The summed E-state index contributed by atoms with van der Waals surface area (Å²) in [4.78, 5) is 0. The smallest absolute Gasteiger partial charge is 0.193 e. The number of hydrogen-bond acceptors (Lipinski definition) is 3. The van der Waals surface area contributed by atoms with Crippen molar-refractivity contribution < 1.29 is 14.6 Å². The second kappa shape index (κ2) is 4.96. The Hall–Kier alpha value is -0.640. The number of ether oxygens (including phenoxy) is 2. The molecule has 0 aromatic carbocycles. The molecular formula is C21H30O3. The van der Waals surface area contributed by atoms with Gasteiger partial charge in [-0.3, -0.25) is 0 Å². The number of hydrogen-bond donors (Lipinski definition) is 1.